The van der Waals surface area contributed by atoms with Gasteiger partial charge in [0.25, 0.3) is 5.91 Å². The van der Waals surface area contributed by atoms with Gasteiger partial charge in [-0.05, 0) is 65.1 Å². The maximum atomic E-state index is 13.2. The summed E-state index contributed by atoms with van der Waals surface area (Å²) in [5.74, 6) is 0.624. The fourth-order valence-corrected chi connectivity index (χ4v) is 4.05. The lowest BCUT2D eigenvalue weighted by molar-refractivity contribution is 0.0986. The van der Waals surface area contributed by atoms with Crippen molar-refractivity contribution in [2.75, 3.05) is 17.2 Å². The van der Waals surface area contributed by atoms with Gasteiger partial charge in [-0.2, -0.15) is 0 Å². The van der Waals surface area contributed by atoms with Crippen LogP contribution in [0.2, 0.25) is 0 Å². The van der Waals surface area contributed by atoms with Gasteiger partial charge in [-0.1, -0.05) is 12.1 Å². The molecule has 0 aromatic heterocycles. The second-order valence-corrected chi connectivity index (χ2v) is 7.05. The summed E-state index contributed by atoms with van der Waals surface area (Å²) in [5.41, 5.74) is 1.50. The van der Waals surface area contributed by atoms with Gasteiger partial charge in [0.2, 0.25) is 0 Å². The van der Waals surface area contributed by atoms with Gasteiger partial charge >= 0.3 is 0 Å². The number of rotatable bonds is 1. The van der Waals surface area contributed by atoms with Gasteiger partial charge in [0.05, 0.1) is 11.3 Å². The summed E-state index contributed by atoms with van der Waals surface area (Å²) in [6.07, 6.45) is 0.947. The van der Waals surface area contributed by atoms with Crippen molar-refractivity contribution in [3.63, 3.8) is 0 Å². The van der Waals surface area contributed by atoms with E-state index in [0.717, 1.165) is 22.8 Å². The zero-order chi connectivity index (χ0) is 14.8. The molecule has 0 spiro atoms. The van der Waals surface area contributed by atoms with Crippen LogP contribution in [-0.2, 0) is 0 Å². The zero-order valence-electron chi connectivity index (χ0n) is 11.2. The topological polar surface area (TPSA) is 20.3 Å². The zero-order valence-corrected chi connectivity index (χ0v) is 14.2. The van der Waals surface area contributed by atoms with E-state index in [4.69, 9.17) is 0 Å². The molecule has 1 heterocycles. The van der Waals surface area contributed by atoms with Crippen molar-refractivity contribution in [2.45, 2.75) is 11.3 Å². The number of halogens is 2. The Morgan fingerprint density at radius 1 is 1.24 bits per heavy atom. The average molecular weight is 413 g/mol. The minimum Gasteiger partial charge on any atom is -0.307 e. The lowest BCUT2D eigenvalue weighted by atomic mass is 10.1. The van der Waals surface area contributed by atoms with Crippen LogP contribution in [0.1, 0.15) is 16.8 Å². The van der Waals surface area contributed by atoms with Crippen molar-refractivity contribution < 1.29 is 9.18 Å². The molecule has 3 rings (SSSR count). The van der Waals surface area contributed by atoms with Crippen molar-refractivity contribution in [3.05, 3.63) is 57.4 Å². The van der Waals surface area contributed by atoms with Crippen molar-refractivity contribution in [2.24, 2.45) is 0 Å². The van der Waals surface area contributed by atoms with Gasteiger partial charge in [0.1, 0.15) is 5.82 Å². The van der Waals surface area contributed by atoms with E-state index in [1.165, 1.54) is 12.1 Å². The van der Waals surface area contributed by atoms with Gasteiger partial charge in [0, 0.05) is 15.0 Å². The molecule has 0 radical (unpaired) electrons. The molecule has 0 fully saturated rings. The lowest BCUT2D eigenvalue weighted by Crippen LogP contribution is -2.32. The third-order valence-corrected chi connectivity index (χ3v) is 5.39. The van der Waals surface area contributed by atoms with Crippen LogP contribution in [0.5, 0.6) is 0 Å². The van der Waals surface area contributed by atoms with E-state index in [-0.39, 0.29) is 11.7 Å². The van der Waals surface area contributed by atoms with Crippen LogP contribution in [-0.4, -0.2) is 18.2 Å². The Morgan fingerprint density at radius 2 is 2.05 bits per heavy atom. The quantitative estimate of drug-likeness (QED) is 0.639. The predicted octanol–water partition coefficient (Wildman–Crippen LogP) is 4.57. The van der Waals surface area contributed by atoms with Crippen molar-refractivity contribution >= 4 is 45.9 Å². The van der Waals surface area contributed by atoms with Gasteiger partial charge in [0.15, 0.2) is 0 Å². The SMILES string of the molecule is O=C(c1ccc(F)cc1I)N1CCCSc2ccccc21. The molecule has 1 aliphatic rings. The Morgan fingerprint density at radius 3 is 2.86 bits per heavy atom. The highest BCUT2D eigenvalue weighted by Crippen LogP contribution is 2.34. The minimum atomic E-state index is -0.317. The summed E-state index contributed by atoms with van der Waals surface area (Å²) in [6, 6.07) is 12.3. The molecule has 21 heavy (non-hydrogen) atoms. The number of amides is 1. The standard InChI is InChI=1S/C16H13FINOS/c17-11-6-7-12(13(18)10-11)16(20)19-8-3-9-21-15-5-2-1-4-14(15)19/h1-2,4-7,10H,3,8-9H2. The second-order valence-electron chi connectivity index (χ2n) is 4.75. The van der Waals surface area contributed by atoms with Crippen LogP contribution < -0.4 is 4.90 Å². The Bertz CT molecular complexity index is 692. The Hall–Kier alpha value is -1.08. The highest BCUT2D eigenvalue weighted by atomic mass is 127. The van der Waals surface area contributed by atoms with E-state index in [0.29, 0.717) is 15.7 Å². The molecule has 0 bridgehead atoms. The van der Waals surface area contributed by atoms with Crippen molar-refractivity contribution in [1.82, 2.24) is 0 Å². The number of anilines is 1. The van der Waals surface area contributed by atoms with E-state index in [9.17, 15) is 9.18 Å². The molecule has 2 aromatic rings. The first-order valence-electron chi connectivity index (χ1n) is 6.65. The molecule has 1 amide bonds. The van der Waals surface area contributed by atoms with Crippen LogP contribution in [0.25, 0.3) is 0 Å². The van der Waals surface area contributed by atoms with Crippen LogP contribution in [0, 0.1) is 9.39 Å². The second kappa shape index (κ2) is 6.36. The lowest BCUT2D eigenvalue weighted by Gasteiger charge is -2.23. The summed E-state index contributed by atoms with van der Waals surface area (Å²) < 4.78 is 13.9. The molecule has 2 aromatic carbocycles. The number of benzene rings is 2. The summed E-state index contributed by atoms with van der Waals surface area (Å²) in [7, 11) is 0. The van der Waals surface area contributed by atoms with E-state index in [1.54, 1.807) is 17.8 Å². The first-order valence-corrected chi connectivity index (χ1v) is 8.72. The van der Waals surface area contributed by atoms with E-state index < -0.39 is 0 Å². The van der Waals surface area contributed by atoms with Gasteiger partial charge in [-0.3, -0.25) is 4.79 Å². The number of hydrogen-bond acceptors (Lipinski definition) is 2. The number of carbonyl (C=O) groups excluding carboxylic acids is 1. The monoisotopic (exact) mass is 413 g/mol. The first-order chi connectivity index (χ1) is 10.2. The molecule has 5 heteroatoms. The smallest absolute Gasteiger partial charge is 0.259 e. The third-order valence-electron chi connectivity index (χ3n) is 3.35. The first kappa shape index (κ1) is 14.8. The maximum absolute atomic E-state index is 13.2. The van der Waals surface area contributed by atoms with Crippen LogP contribution >= 0.6 is 34.4 Å². The molecule has 2 nitrogen and oxygen atoms in total. The van der Waals surface area contributed by atoms with Crippen LogP contribution in [0.4, 0.5) is 10.1 Å². The van der Waals surface area contributed by atoms with Gasteiger partial charge in [-0.15, -0.1) is 11.8 Å². The molecule has 1 aliphatic heterocycles. The fourth-order valence-electron chi connectivity index (χ4n) is 2.35. The molecule has 0 N–H and O–H groups in total. The fraction of sp³-hybridized carbons (Fsp3) is 0.188. The molecule has 0 aliphatic carbocycles. The number of thioether (sulfide) groups is 1. The largest absolute Gasteiger partial charge is 0.307 e. The number of carbonyl (C=O) groups is 1. The number of hydrogen-bond donors (Lipinski definition) is 0. The highest BCUT2D eigenvalue weighted by Gasteiger charge is 2.23. The van der Waals surface area contributed by atoms with Crippen molar-refractivity contribution in [3.8, 4) is 0 Å². The molecule has 0 saturated heterocycles. The number of para-hydroxylation sites is 1. The molecule has 0 saturated carbocycles. The van der Waals surface area contributed by atoms with Crippen LogP contribution in [0.3, 0.4) is 0 Å². The molecular weight excluding hydrogens is 400 g/mol. The molecule has 0 atom stereocenters. The van der Waals surface area contributed by atoms with Gasteiger partial charge < -0.3 is 4.90 Å². The molecule has 0 unspecified atom stereocenters. The van der Waals surface area contributed by atoms with E-state index in [1.807, 2.05) is 51.8 Å². The Labute approximate surface area is 140 Å². The molecule has 108 valence electrons. The summed E-state index contributed by atoms with van der Waals surface area (Å²) in [4.78, 5) is 15.8. The number of nitrogens with zero attached hydrogens (tertiary/aromatic N) is 1. The van der Waals surface area contributed by atoms with Crippen molar-refractivity contribution in [1.29, 1.82) is 0 Å². The van der Waals surface area contributed by atoms with E-state index >= 15 is 0 Å². The van der Waals surface area contributed by atoms with Gasteiger partial charge in [-0.25, -0.2) is 4.39 Å². The average Bonchev–Trinajstić information content (AvgIpc) is 2.69. The molecular formula is C16H13FINOS. The summed E-state index contributed by atoms with van der Waals surface area (Å²) >= 11 is 3.79. The van der Waals surface area contributed by atoms with E-state index in [2.05, 4.69) is 0 Å². The van der Waals surface area contributed by atoms with Crippen LogP contribution in [0.15, 0.2) is 47.4 Å². The summed E-state index contributed by atoms with van der Waals surface area (Å²) in [5, 5.41) is 0. The summed E-state index contributed by atoms with van der Waals surface area (Å²) in [6.45, 7) is 0.691. The Kier molecular flexibility index (Phi) is 4.49. The highest BCUT2D eigenvalue weighted by molar-refractivity contribution is 14.1. The number of fused-ring (bicyclic) bond motifs is 1. The maximum Gasteiger partial charge on any atom is 0.259 e. The predicted molar refractivity (Wildman–Crippen MR) is 92.6 cm³/mol. The Balaban J connectivity index is 2.01. The third kappa shape index (κ3) is 3.08. The normalized spacial score (nSPS) is 14.5. The minimum absolute atomic E-state index is 0.0608.